The van der Waals surface area contributed by atoms with Gasteiger partial charge in [0, 0.05) is 30.6 Å². The maximum atomic E-state index is 12.0. The number of benzene rings is 1. The van der Waals surface area contributed by atoms with Gasteiger partial charge < -0.3 is 10.6 Å². The Morgan fingerprint density at radius 2 is 2.20 bits per heavy atom. The van der Waals surface area contributed by atoms with Crippen molar-refractivity contribution in [2.75, 3.05) is 25.3 Å². The average molecular weight is 289 g/mol. The fraction of sp³-hybridized carbons (Fsp3) is 0.154. The van der Waals surface area contributed by atoms with Crippen LogP contribution in [0.25, 0.3) is 0 Å². The molecule has 2 rings (SSSR count). The van der Waals surface area contributed by atoms with Gasteiger partial charge in [-0.05, 0) is 6.07 Å². The standard InChI is InChI=1S/C13H15N5OS/c1-18(2)12(19)10-6-4-3-5-9(10)7-15-17-13-16-11(14)8-20-13/h3-8H,14H2,1-2H3,(H,16,17). The molecule has 1 aromatic heterocycles. The first-order chi connectivity index (χ1) is 9.58. The van der Waals surface area contributed by atoms with Gasteiger partial charge in [-0.3, -0.25) is 10.2 Å². The van der Waals surface area contributed by atoms with Crippen LogP contribution in [0.4, 0.5) is 10.9 Å². The number of aromatic nitrogens is 1. The number of nitrogen functional groups attached to an aromatic ring is 1. The molecule has 1 heterocycles. The molecule has 0 fully saturated rings. The number of thiazole rings is 1. The third-order valence-electron chi connectivity index (χ3n) is 2.48. The molecule has 0 unspecified atom stereocenters. The number of amides is 1. The molecule has 0 aliphatic carbocycles. The molecule has 6 nitrogen and oxygen atoms in total. The minimum Gasteiger partial charge on any atom is -0.383 e. The molecule has 0 radical (unpaired) electrons. The third kappa shape index (κ3) is 3.33. The molecule has 104 valence electrons. The lowest BCUT2D eigenvalue weighted by molar-refractivity contribution is 0.0827. The molecule has 0 aliphatic heterocycles. The summed E-state index contributed by atoms with van der Waals surface area (Å²) in [5.41, 5.74) is 9.64. The van der Waals surface area contributed by atoms with E-state index in [0.29, 0.717) is 16.5 Å². The number of hydrazone groups is 1. The molecule has 20 heavy (non-hydrogen) atoms. The summed E-state index contributed by atoms with van der Waals surface area (Å²) in [4.78, 5) is 17.6. The fourth-order valence-corrected chi connectivity index (χ4v) is 2.09. The predicted molar refractivity (Wildman–Crippen MR) is 82.2 cm³/mol. The van der Waals surface area contributed by atoms with E-state index < -0.39 is 0 Å². The Hall–Kier alpha value is -2.41. The molecule has 0 bridgehead atoms. The summed E-state index contributed by atoms with van der Waals surface area (Å²) in [5, 5.41) is 6.40. The van der Waals surface area contributed by atoms with Crippen LogP contribution in [0.5, 0.6) is 0 Å². The van der Waals surface area contributed by atoms with Crippen molar-refractivity contribution in [2.24, 2.45) is 5.10 Å². The highest BCUT2D eigenvalue weighted by atomic mass is 32.1. The molecule has 7 heteroatoms. The lowest BCUT2D eigenvalue weighted by Crippen LogP contribution is -2.22. The summed E-state index contributed by atoms with van der Waals surface area (Å²) in [5.74, 6) is 0.390. The number of carbonyl (C=O) groups is 1. The zero-order chi connectivity index (χ0) is 14.5. The Bertz CT molecular complexity index is 635. The highest BCUT2D eigenvalue weighted by Crippen LogP contribution is 2.16. The second-order valence-electron chi connectivity index (χ2n) is 4.23. The third-order valence-corrected chi connectivity index (χ3v) is 3.25. The Labute approximate surface area is 120 Å². The summed E-state index contributed by atoms with van der Waals surface area (Å²) in [6.07, 6.45) is 1.59. The van der Waals surface area contributed by atoms with Gasteiger partial charge in [0.1, 0.15) is 5.82 Å². The van der Waals surface area contributed by atoms with Crippen molar-refractivity contribution >= 4 is 34.4 Å². The van der Waals surface area contributed by atoms with Crippen LogP contribution in [0.15, 0.2) is 34.7 Å². The van der Waals surface area contributed by atoms with Crippen molar-refractivity contribution in [3.05, 3.63) is 40.8 Å². The molecule has 0 atom stereocenters. The van der Waals surface area contributed by atoms with Crippen molar-refractivity contribution in [3.8, 4) is 0 Å². The zero-order valence-corrected chi connectivity index (χ0v) is 12.0. The normalized spacial score (nSPS) is 10.7. The number of nitrogens with zero attached hydrogens (tertiary/aromatic N) is 3. The van der Waals surface area contributed by atoms with Crippen LogP contribution in [0.1, 0.15) is 15.9 Å². The van der Waals surface area contributed by atoms with Gasteiger partial charge in [0.25, 0.3) is 5.91 Å². The monoisotopic (exact) mass is 289 g/mol. The Kier molecular flexibility index (Phi) is 4.31. The van der Waals surface area contributed by atoms with Crippen LogP contribution in [0, 0.1) is 0 Å². The molecule has 0 saturated carbocycles. The van der Waals surface area contributed by atoms with Crippen molar-refractivity contribution in [3.63, 3.8) is 0 Å². The van der Waals surface area contributed by atoms with E-state index in [4.69, 9.17) is 5.73 Å². The fourth-order valence-electron chi connectivity index (χ4n) is 1.54. The van der Waals surface area contributed by atoms with Crippen LogP contribution in [0.3, 0.4) is 0 Å². The first kappa shape index (κ1) is 14.0. The average Bonchev–Trinajstić information content (AvgIpc) is 2.84. The van der Waals surface area contributed by atoms with Gasteiger partial charge in [-0.1, -0.05) is 18.2 Å². The molecule has 2 aromatic rings. The lowest BCUT2D eigenvalue weighted by Gasteiger charge is -2.11. The van der Waals surface area contributed by atoms with E-state index in [9.17, 15) is 4.79 Å². The number of hydrogen-bond donors (Lipinski definition) is 2. The second kappa shape index (κ2) is 6.16. The smallest absolute Gasteiger partial charge is 0.254 e. The number of rotatable bonds is 4. The zero-order valence-electron chi connectivity index (χ0n) is 11.2. The van der Waals surface area contributed by atoms with E-state index in [1.54, 1.807) is 31.8 Å². The molecular formula is C13H15N5OS. The number of anilines is 2. The number of carbonyl (C=O) groups excluding carboxylic acids is 1. The molecule has 0 spiro atoms. The maximum Gasteiger partial charge on any atom is 0.254 e. The number of hydrogen-bond acceptors (Lipinski definition) is 6. The molecule has 0 saturated heterocycles. The Balaban J connectivity index is 2.15. The van der Waals surface area contributed by atoms with Crippen LogP contribution >= 0.6 is 11.3 Å². The van der Waals surface area contributed by atoms with Crippen molar-refractivity contribution in [1.82, 2.24) is 9.88 Å². The van der Waals surface area contributed by atoms with Crippen LogP contribution < -0.4 is 11.2 Å². The summed E-state index contributed by atoms with van der Waals surface area (Å²) < 4.78 is 0. The van der Waals surface area contributed by atoms with Crippen molar-refractivity contribution < 1.29 is 4.79 Å². The van der Waals surface area contributed by atoms with E-state index in [1.165, 1.54) is 16.2 Å². The van der Waals surface area contributed by atoms with Crippen LogP contribution in [-0.2, 0) is 0 Å². The summed E-state index contributed by atoms with van der Waals surface area (Å²) in [7, 11) is 3.43. The number of nitrogens with one attached hydrogen (secondary N) is 1. The minimum atomic E-state index is -0.0643. The highest BCUT2D eigenvalue weighted by molar-refractivity contribution is 7.14. The first-order valence-corrected chi connectivity index (χ1v) is 6.76. The van der Waals surface area contributed by atoms with Crippen LogP contribution in [-0.4, -0.2) is 36.1 Å². The van der Waals surface area contributed by atoms with Gasteiger partial charge in [0.05, 0.1) is 6.21 Å². The molecule has 0 aliphatic rings. The molecular weight excluding hydrogens is 274 g/mol. The van der Waals surface area contributed by atoms with Crippen molar-refractivity contribution in [1.29, 1.82) is 0 Å². The minimum absolute atomic E-state index is 0.0643. The SMILES string of the molecule is CN(C)C(=O)c1ccccc1C=NNc1nc(N)cs1. The highest BCUT2D eigenvalue weighted by Gasteiger charge is 2.11. The first-order valence-electron chi connectivity index (χ1n) is 5.88. The van der Waals surface area contributed by atoms with E-state index in [0.717, 1.165) is 5.56 Å². The molecule has 3 N–H and O–H groups in total. The largest absolute Gasteiger partial charge is 0.383 e. The molecule has 1 amide bonds. The van der Waals surface area contributed by atoms with Gasteiger partial charge in [-0.2, -0.15) is 5.10 Å². The summed E-state index contributed by atoms with van der Waals surface area (Å²) >= 11 is 1.36. The Morgan fingerprint density at radius 3 is 2.85 bits per heavy atom. The second-order valence-corrected chi connectivity index (χ2v) is 5.09. The maximum absolute atomic E-state index is 12.0. The lowest BCUT2D eigenvalue weighted by atomic mass is 10.1. The van der Waals surface area contributed by atoms with E-state index >= 15 is 0 Å². The van der Waals surface area contributed by atoms with Crippen LogP contribution in [0.2, 0.25) is 0 Å². The van der Waals surface area contributed by atoms with Gasteiger partial charge in [-0.25, -0.2) is 4.98 Å². The van der Waals surface area contributed by atoms with Gasteiger partial charge in [0.2, 0.25) is 5.13 Å². The van der Waals surface area contributed by atoms with Gasteiger partial charge in [-0.15, -0.1) is 11.3 Å². The summed E-state index contributed by atoms with van der Waals surface area (Å²) in [6.45, 7) is 0. The van der Waals surface area contributed by atoms with Gasteiger partial charge >= 0.3 is 0 Å². The topological polar surface area (TPSA) is 83.6 Å². The van der Waals surface area contributed by atoms with Crippen molar-refractivity contribution in [2.45, 2.75) is 0 Å². The predicted octanol–water partition coefficient (Wildman–Crippen LogP) is 1.87. The van der Waals surface area contributed by atoms with E-state index in [2.05, 4.69) is 15.5 Å². The van der Waals surface area contributed by atoms with E-state index in [-0.39, 0.29) is 5.91 Å². The number of nitrogens with two attached hydrogens (primary N) is 1. The van der Waals surface area contributed by atoms with E-state index in [1.807, 2.05) is 18.2 Å². The van der Waals surface area contributed by atoms with Gasteiger partial charge in [0.15, 0.2) is 0 Å². The molecule has 1 aromatic carbocycles. The summed E-state index contributed by atoms with van der Waals surface area (Å²) in [6, 6.07) is 7.28. The quantitative estimate of drug-likeness (QED) is 0.665. The Morgan fingerprint density at radius 1 is 1.45 bits per heavy atom.